The summed E-state index contributed by atoms with van der Waals surface area (Å²) in [6.45, 7) is 4.82. The first-order valence-electron chi connectivity index (χ1n) is 8.82. The minimum atomic E-state index is -3.86. The van der Waals surface area contributed by atoms with Gasteiger partial charge in [-0.05, 0) is 36.2 Å². The fourth-order valence-electron chi connectivity index (χ4n) is 2.69. The first kappa shape index (κ1) is 18.9. The van der Waals surface area contributed by atoms with E-state index in [-0.39, 0.29) is 16.3 Å². The molecule has 1 amide bonds. The Morgan fingerprint density at radius 2 is 1.85 bits per heavy atom. The number of anilines is 1. The van der Waals surface area contributed by atoms with Crippen molar-refractivity contribution < 1.29 is 13.2 Å². The van der Waals surface area contributed by atoms with Gasteiger partial charge in [-0.1, -0.05) is 37.3 Å². The van der Waals surface area contributed by atoms with Gasteiger partial charge in [0.25, 0.3) is 15.9 Å². The van der Waals surface area contributed by atoms with Crippen LogP contribution in [0.1, 0.15) is 30.8 Å². The predicted molar refractivity (Wildman–Crippen MR) is 105 cm³/mol. The summed E-state index contributed by atoms with van der Waals surface area (Å²) in [6.07, 6.45) is 2.30. The molecule has 27 heavy (non-hydrogen) atoms. The third-order valence-corrected chi connectivity index (χ3v) is 5.48. The maximum atomic E-state index is 12.9. The molecular formula is C19H22N4O3S. The molecule has 0 unspecified atom stereocenters. The summed E-state index contributed by atoms with van der Waals surface area (Å²) in [5, 5.41) is 8.69. The van der Waals surface area contributed by atoms with Gasteiger partial charge in [-0.3, -0.25) is 14.2 Å². The molecule has 0 atom stereocenters. The summed E-state index contributed by atoms with van der Waals surface area (Å²) in [6, 6.07) is 12.4. The van der Waals surface area contributed by atoms with Crippen LogP contribution in [0.4, 0.5) is 5.69 Å². The van der Waals surface area contributed by atoms with Crippen LogP contribution in [0, 0.1) is 0 Å². The highest BCUT2D eigenvalue weighted by molar-refractivity contribution is 7.92. The molecular weight excluding hydrogens is 364 g/mol. The van der Waals surface area contributed by atoms with Gasteiger partial charge in [0.2, 0.25) is 0 Å². The molecule has 142 valence electrons. The molecule has 2 aromatic carbocycles. The zero-order valence-electron chi connectivity index (χ0n) is 15.3. The summed E-state index contributed by atoms with van der Waals surface area (Å²) in [5.74, 6) is -0.403. The van der Waals surface area contributed by atoms with Gasteiger partial charge < -0.3 is 5.32 Å². The molecule has 2 N–H and O–H groups in total. The van der Waals surface area contributed by atoms with Gasteiger partial charge in [0.15, 0.2) is 5.69 Å². The van der Waals surface area contributed by atoms with Crippen molar-refractivity contribution in [2.75, 3.05) is 11.3 Å². The molecule has 3 rings (SSSR count). The molecule has 7 nitrogen and oxygen atoms in total. The van der Waals surface area contributed by atoms with Crippen LogP contribution < -0.4 is 10.0 Å². The third kappa shape index (κ3) is 4.11. The summed E-state index contributed by atoms with van der Waals surface area (Å²) < 4.78 is 29.7. The molecule has 0 bridgehead atoms. The van der Waals surface area contributed by atoms with Crippen molar-refractivity contribution in [1.29, 1.82) is 0 Å². The van der Waals surface area contributed by atoms with E-state index in [1.165, 1.54) is 10.9 Å². The molecule has 3 aromatic rings. The molecule has 0 saturated heterocycles. The number of hydrogen-bond acceptors (Lipinski definition) is 4. The molecule has 0 spiro atoms. The lowest BCUT2D eigenvalue weighted by atomic mass is 10.1. The highest BCUT2D eigenvalue weighted by Crippen LogP contribution is 2.23. The molecule has 0 fully saturated rings. The Labute approximate surface area is 158 Å². The molecule has 8 heteroatoms. The maximum absolute atomic E-state index is 12.9. The lowest BCUT2D eigenvalue weighted by Crippen LogP contribution is -2.26. The number of nitrogens with one attached hydrogen (secondary N) is 2. The Morgan fingerprint density at radius 3 is 2.56 bits per heavy atom. The van der Waals surface area contributed by atoms with Crippen molar-refractivity contribution in [2.45, 2.75) is 31.7 Å². The molecule has 0 aliphatic rings. The topological polar surface area (TPSA) is 93.1 Å². The van der Waals surface area contributed by atoms with Crippen molar-refractivity contribution in [2.24, 2.45) is 0 Å². The minimum Gasteiger partial charge on any atom is -0.351 e. The van der Waals surface area contributed by atoms with Gasteiger partial charge >= 0.3 is 0 Å². The summed E-state index contributed by atoms with van der Waals surface area (Å²) >= 11 is 0. The summed E-state index contributed by atoms with van der Waals surface area (Å²) in [5.41, 5.74) is 0.230. The van der Waals surface area contributed by atoms with Crippen LogP contribution in [0.3, 0.4) is 0 Å². The highest BCUT2D eigenvalue weighted by Gasteiger charge is 2.22. The van der Waals surface area contributed by atoms with Gasteiger partial charge in [0, 0.05) is 19.3 Å². The van der Waals surface area contributed by atoms with Crippen LogP contribution in [0.15, 0.2) is 53.6 Å². The van der Waals surface area contributed by atoms with Crippen molar-refractivity contribution in [1.82, 2.24) is 15.1 Å². The summed E-state index contributed by atoms with van der Waals surface area (Å²) in [4.78, 5) is 12.5. The number of aromatic nitrogens is 2. The van der Waals surface area contributed by atoms with Crippen molar-refractivity contribution in [3.05, 3.63) is 54.4 Å². The van der Waals surface area contributed by atoms with E-state index < -0.39 is 15.9 Å². The monoisotopic (exact) mass is 386 g/mol. The maximum Gasteiger partial charge on any atom is 0.273 e. The average molecular weight is 386 g/mol. The Hall–Kier alpha value is -2.87. The SMILES string of the molecule is CCCNC(=O)c1nn(CC)cc1NS(=O)(=O)c1ccc2ccccc2c1. The molecule has 0 radical (unpaired) electrons. The van der Waals surface area contributed by atoms with Crippen LogP contribution in [0.25, 0.3) is 10.8 Å². The van der Waals surface area contributed by atoms with Gasteiger partial charge in [-0.25, -0.2) is 8.42 Å². The Kier molecular flexibility index (Phi) is 5.46. The first-order valence-corrected chi connectivity index (χ1v) is 10.3. The van der Waals surface area contributed by atoms with Gasteiger partial charge in [-0.15, -0.1) is 0 Å². The van der Waals surface area contributed by atoms with Gasteiger partial charge in [-0.2, -0.15) is 5.10 Å². The third-order valence-electron chi connectivity index (χ3n) is 4.11. The van der Waals surface area contributed by atoms with E-state index in [1.807, 2.05) is 38.1 Å². The Balaban J connectivity index is 1.94. The second kappa shape index (κ2) is 7.79. The van der Waals surface area contributed by atoms with Crippen LogP contribution >= 0.6 is 0 Å². The number of carbonyl (C=O) groups excluding carboxylic acids is 1. The van der Waals surface area contributed by atoms with Crippen molar-refractivity contribution >= 4 is 32.4 Å². The number of hydrogen-bond donors (Lipinski definition) is 2. The molecule has 1 heterocycles. The van der Waals surface area contributed by atoms with Crippen LogP contribution in [-0.4, -0.2) is 30.7 Å². The predicted octanol–water partition coefficient (Wildman–Crippen LogP) is 3.00. The van der Waals surface area contributed by atoms with E-state index in [0.29, 0.717) is 13.1 Å². The minimum absolute atomic E-state index is 0.0645. The van der Waals surface area contributed by atoms with Gasteiger partial charge in [0.1, 0.15) is 0 Å². The van der Waals surface area contributed by atoms with Crippen LogP contribution in [0.2, 0.25) is 0 Å². The smallest absolute Gasteiger partial charge is 0.273 e. The Morgan fingerprint density at radius 1 is 1.11 bits per heavy atom. The first-order chi connectivity index (χ1) is 12.9. The van der Waals surface area contributed by atoms with E-state index in [2.05, 4.69) is 15.1 Å². The van der Waals surface area contributed by atoms with Crippen LogP contribution in [-0.2, 0) is 16.6 Å². The van der Waals surface area contributed by atoms with E-state index >= 15 is 0 Å². The van der Waals surface area contributed by atoms with Gasteiger partial charge in [0.05, 0.1) is 10.6 Å². The van der Waals surface area contributed by atoms with E-state index in [4.69, 9.17) is 0 Å². The van der Waals surface area contributed by atoms with Crippen molar-refractivity contribution in [3.63, 3.8) is 0 Å². The number of amides is 1. The van der Waals surface area contributed by atoms with Crippen LogP contribution in [0.5, 0.6) is 0 Å². The molecule has 0 aliphatic heterocycles. The normalized spacial score (nSPS) is 11.5. The summed E-state index contributed by atoms with van der Waals surface area (Å²) in [7, 11) is -3.86. The zero-order valence-corrected chi connectivity index (χ0v) is 16.1. The zero-order chi connectivity index (χ0) is 19.4. The lowest BCUT2D eigenvalue weighted by Gasteiger charge is -2.09. The number of carbonyl (C=O) groups is 1. The number of nitrogens with zero attached hydrogens (tertiary/aromatic N) is 2. The second-order valence-electron chi connectivity index (χ2n) is 6.12. The largest absolute Gasteiger partial charge is 0.351 e. The molecule has 0 aliphatic carbocycles. The number of sulfonamides is 1. The lowest BCUT2D eigenvalue weighted by molar-refractivity contribution is 0.0948. The van der Waals surface area contributed by atoms with E-state index in [0.717, 1.165) is 17.2 Å². The Bertz CT molecular complexity index is 1070. The average Bonchev–Trinajstić information content (AvgIpc) is 3.08. The fraction of sp³-hybridized carbons (Fsp3) is 0.263. The standard InChI is InChI=1S/C19H22N4O3S/c1-3-11-20-19(24)18-17(13-23(4-2)21-18)22-27(25,26)16-10-9-14-7-5-6-8-15(14)12-16/h5-10,12-13,22H,3-4,11H2,1-2H3,(H,20,24). The van der Waals surface area contributed by atoms with E-state index in [9.17, 15) is 13.2 Å². The molecule has 1 aromatic heterocycles. The quantitative estimate of drug-likeness (QED) is 0.653. The molecule has 0 saturated carbocycles. The number of benzene rings is 2. The highest BCUT2D eigenvalue weighted by atomic mass is 32.2. The fourth-order valence-corrected chi connectivity index (χ4v) is 3.77. The van der Waals surface area contributed by atoms with E-state index in [1.54, 1.807) is 18.2 Å². The number of rotatable bonds is 7. The number of aryl methyl sites for hydroxylation is 1. The number of fused-ring (bicyclic) bond motifs is 1. The van der Waals surface area contributed by atoms with Crippen molar-refractivity contribution in [3.8, 4) is 0 Å². The second-order valence-corrected chi connectivity index (χ2v) is 7.80.